The monoisotopic (exact) mass is 396 g/mol. The van der Waals surface area contributed by atoms with Gasteiger partial charge in [0.2, 0.25) is 0 Å². The van der Waals surface area contributed by atoms with Gasteiger partial charge in [0.25, 0.3) is 0 Å². The van der Waals surface area contributed by atoms with Gasteiger partial charge in [0.15, 0.2) is 0 Å². The molecule has 0 spiro atoms. The van der Waals surface area contributed by atoms with E-state index in [0.717, 1.165) is 0 Å². The predicted octanol–water partition coefficient (Wildman–Crippen LogP) is 1.91. The van der Waals surface area contributed by atoms with Crippen LogP contribution in [0, 0.1) is 0 Å². The van der Waals surface area contributed by atoms with Crippen LogP contribution in [0.2, 0.25) is 0 Å². The summed E-state index contributed by atoms with van der Waals surface area (Å²) in [5.41, 5.74) is 0. The number of esters is 1. The minimum Gasteiger partial charge on any atom is -0.463 e. The molecule has 0 radical (unpaired) electrons. The second-order valence-electron chi connectivity index (χ2n) is 3.85. The van der Waals surface area contributed by atoms with Gasteiger partial charge in [0, 0.05) is 12.8 Å². The fraction of sp³-hybridized carbons (Fsp3) is 0.750. The van der Waals surface area contributed by atoms with Crippen LogP contribution in [0.1, 0.15) is 26.2 Å². The highest BCUT2D eigenvalue weighted by atomic mass is 32.5. The lowest BCUT2D eigenvalue weighted by molar-refractivity contribution is -0.145. The first-order valence-corrected chi connectivity index (χ1v) is 11.2. The van der Waals surface area contributed by atoms with Crippen molar-refractivity contribution >= 4 is 46.7 Å². The molecule has 0 bridgehead atoms. The molecule has 22 heavy (non-hydrogen) atoms. The minimum absolute atomic E-state index is 0.0362. The Labute approximate surface area is 132 Å². The zero-order valence-electron chi connectivity index (χ0n) is 11.4. The van der Waals surface area contributed by atoms with Gasteiger partial charge in [-0.2, -0.15) is 0 Å². The number of carbonyl (C=O) groups excluding carboxylic acids is 2. The van der Waals surface area contributed by atoms with Crippen molar-refractivity contribution in [2.75, 3.05) is 13.2 Å². The fourth-order valence-electron chi connectivity index (χ4n) is 1.15. The van der Waals surface area contributed by atoms with E-state index in [1.807, 2.05) is 0 Å². The van der Waals surface area contributed by atoms with Crippen LogP contribution in [-0.2, 0) is 48.2 Å². The molecule has 0 amide bonds. The zero-order valence-corrected chi connectivity index (χ0v) is 14.9. The zero-order chi connectivity index (χ0) is 16.8. The molecule has 1 aliphatic rings. The van der Waals surface area contributed by atoms with E-state index in [-0.39, 0.29) is 31.8 Å². The van der Waals surface area contributed by atoms with E-state index in [1.165, 1.54) is 0 Å². The van der Waals surface area contributed by atoms with Gasteiger partial charge in [-0.1, -0.05) is 6.92 Å². The number of hydrogen-bond acceptors (Lipinski definition) is 9. The Balaban J connectivity index is 2.24. The lowest BCUT2D eigenvalue weighted by Crippen LogP contribution is -2.12. The first-order valence-electron chi connectivity index (χ1n) is 6.00. The maximum absolute atomic E-state index is 11.3. The molecule has 1 aliphatic heterocycles. The first-order chi connectivity index (χ1) is 10.1. The van der Waals surface area contributed by atoms with Crippen LogP contribution >= 0.6 is 23.1 Å². The summed E-state index contributed by atoms with van der Waals surface area (Å²) in [7, 11) is -6.92. The molecule has 0 aromatic heterocycles. The standard InChI is InChI=1S/C8H15O10P3S/c1-2-7(9)3-4-8(10)14-5-6-15-19-16-20(11,12)18-21(13,22)17-19/h2-6H2,1H3,(H,11,12)(H,13,22). The molecule has 3 unspecified atom stereocenters. The van der Waals surface area contributed by atoms with Crippen molar-refractivity contribution in [3.05, 3.63) is 0 Å². The van der Waals surface area contributed by atoms with E-state index in [1.54, 1.807) is 6.92 Å². The van der Waals surface area contributed by atoms with Crippen LogP contribution in [0.4, 0.5) is 0 Å². The number of ketones is 1. The fourth-order valence-corrected chi connectivity index (χ4v) is 6.55. The lowest BCUT2D eigenvalue weighted by Gasteiger charge is -2.28. The van der Waals surface area contributed by atoms with Gasteiger partial charge in [-0.05, 0) is 11.8 Å². The van der Waals surface area contributed by atoms with Gasteiger partial charge in [0.1, 0.15) is 12.4 Å². The number of phosphoric acid groups is 1. The van der Waals surface area contributed by atoms with Crippen molar-refractivity contribution < 1.29 is 46.1 Å². The molecule has 1 fully saturated rings. The van der Waals surface area contributed by atoms with Gasteiger partial charge in [-0.3, -0.25) is 9.59 Å². The third-order valence-electron chi connectivity index (χ3n) is 2.09. The summed E-state index contributed by atoms with van der Waals surface area (Å²) in [6.45, 7) is -2.61. The number of hydrogen-bond donors (Lipinski definition) is 2. The molecule has 1 saturated heterocycles. The Kier molecular flexibility index (Phi) is 8.19. The number of carbonyl (C=O) groups is 2. The Bertz CT molecular complexity index is 486. The topological polar surface area (TPSA) is 138 Å². The summed E-state index contributed by atoms with van der Waals surface area (Å²) in [5.74, 6) is -0.625. The Morgan fingerprint density at radius 1 is 1.23 bits per heavy atom. The number of ether oxygens (including phenoxy) is 1. The second kappa shape index (κ2) is 8.89. The Morgan fingerprint density at radius 3 is 2.50 bits per heavy atom. The number of Topliss-reactive ketones (excluding diaryl/α,β-unsaturated/α-hetero) is 1. The SMILES string of the molecule is CCC(=O)CCC(=O)OCCOP1OP(=O)(O)OP(O)(=S)O1. The molecule has 10 nitrogen and oxygen atoms in total. The summed E-state index contributed by atoms with van der Waals surface area (Å²) < 4.78 is 34.2. The summed E-state index contributed by atoms with van der Waals surface area (Å²) in [6.07, 6.45) is 0.422. The average molecular weight is 396 g/mol. The van der Waals surface area contributed by atoms with Crippen LogP contribution < -0.4 is 0 Å². The van der Waals surface area contributed by atoms with Crippen molar-refractivity contribution in [3.8, 4) is 0 Å². The molecule has 128 valence electrons. The maximum atomic E-state index is 11.3. The van der Waals surface area contributed by atoms with E-state index < -0.39 is 29.1 Å². The van der Waals surface area contributed by atoms with Crippen LogP contribution in [0.15, 0.2) is 0 Å². The third-order valence-corrected chi connectivity index (χ3v) is 8.05. The molecule has 3 atom stereocenters. The maximum Gasteiger partial charge on any atom is 0.486 e. The van der Waals surface area contributed by atoms with Gasteiger partial charge < -0.3 is 19.0 Å². The van der Waals surface area contributed by atoms with Crippen LogP contribution in [-0.4, -0.2) is 34.8 Å². The highest BCUT2D eigenvalue weighted by molar-refractivity contribution is 8.10. The third kappa shape index (κ3) is 8.17. The molecule has 1 heterocycles. The van der Waals surface area contributed by atoms with Crippen molar-refractivity contribution in [2.24, 2.45) is 0 Å². The van der Waals surface area contributed by atoms with Gasteiger partial charge >= 0.3 is 29.1 Å². The predicted molar refractivity (Wildman–Crippen MR) is 77.9 cm³/mol. The molecule has 0 aromatic rings. The van der Waals surface area contributed by atoms with Gasteiger partial charge in [-0.25, -0.2) is 17.5 Å². The Hall–Kier alpha value is 0.210. The van der Waals surface area contributed by atoms with E-state index in [4.69, 9.17) is 14.2 Å². The molecule has 0 aromatic carbocycles. The largest absolute Gasteiger partial charge is 0.486 e. The summed E-state index contributed by atoms with van der Waals surface area (Å²) in [4.78, 5) is 40.8. The highest BCUT2D eigenvalue weighted by Gasteiger charge is 2.44. The van der Waals surface area contributed by atoms with Crippen LogP contribution in [0.5, 0.6) is 0 Å². The Morgan fingerprint density at radius 2 is 1.91 bits per heavy atom. The van der Waals surface area contributed by atoms with Crippen molar-refractivity contribution in [1.82, 2.24) is 0 Å². The van der Waals surface area contributed by atoms with Crippen molar-refractivity contribution in [3.63, 3.8) is 0 Å². The molecule has 14 heteroatoms. The van der Waals surface area contributed by atoms with E-state index in [9.17, 15) is 19.0 Å². The van der Waals surface area contributed by atoms with Crippen LogP contribution in [0.3, 0.4) is 0 Å². The van der Waals surface area contributed by atoms with Crippen molar-refractivity contribution in [2.45, 2.75) is 26.2 Å². The van der Waals surface area contributed by atoms with Gasteiger partial charge in [0.05, 0.1) is 13.0 Å². The highest BCUT2D eigenvalue weighted by Crippen LogP contribution is 2.76. The average Bonchev–Trinajstić information content (AvgIpc) is 2.37. The smallest absolute Gasteiger partial charge is 0.463 e. The minimum atomic E-state index is -4.53. The second-order valence-corrected chi connectivity index (χ2v) is 9.78. The number of rotatable bonds is 8. The van der Waals surface area contributed by atoms with E-state index in [2.05, 4.69) is 24.7 Å². The summed E-state index contributed by atoms with van der Waals surface area (Å²) >= 11 is 4.44. The van der Waals surface area contributed by atoms with E-state index in [0.29, 0.717) is 6.42 Å². The first kappa shape index (κ1) is 20.3. The lowest BCUT2D eigenvalue weighted by atomic mass is 10.2. The molecule has 0 aliphatic carbocycles. The molecule has 2 N–H and O–H groups in total. The van der Waals surface area contributed by atoms with Gasteiger partial charge in [-0.15, -0.1) is 0 Å². The van der Waals surface area contributed by atoms with E-state index >= 15 is 0 Å². The summed E-state index contributed by atoms with van der Waals surface area (Å²) in [6, 6.07) is 0. The molecule has 0 saturated carbocycles. The molecular formula is C8H15O10P3S. The van der Waals surface area contributed by atoms with Crippen molar-refractivity contribution in [1.29, 1.82) is 0 Å². The van der Waals surface area contributed by atoms with Crippen LogP contribution in [0.25, 0.3) is 0 Å². The quantitative estimate of drug-likeness (QED) is 0.353. The molecular weight excluding hydrogens is 381 g/mol. The summed E-state index contributed by atoms with van der Waals surface area (Å²) in [5, 5.41) is 0. The molecule has 1 rings (SSSR count). The normalized spacial score (nSPS) is 31.7.